The molecule has 0 aliphatic carbocycles. The summed E-state index contributed by atoms with van der Waals surface area (Å²) in [5.41, 5.74) is 7.35. The Bertz CT molecular complexity index is 1070. The Balaban J connectivity index is 0.000000439. The van der Waals surface area contributed by atoms with Crippen molar-refractivity contribution < 1.29 is 14.3 Å². The number of nitrogens with zero attached hydrogens (tertiary/aromatic N) is 1. The molecular formula is C25H33Cl2N5O3S2. The Morgan fingerprint density at radius 3 is 2.43 bits per heavy atom. The highest BCUT2D eigenvalue weighted by atomic mass is 35.5. The number of ether oxygens (including phenoxy) is 1. The third-order valence-corrected chi connectivity index (χ3v) is 6.32. The quantitative estimate of drug-likeness (QED) is 0.140. The van der Waals surface area contributed by atoms with Crippen LogP contribution in [0.3, 0.4) is 0 Å². The number of hydrogen-bond acceptors (Lipinski definition) is 8. The van der Waals surface area contributed by atoms with Crippen molar-refractivity contribution in [2.45, 2.75) is 46.1 Å². The van der Waals surface area contributed by atoms with E-state index in [4.69, 9.17) is 34.1 Å². The molecule has 0 bridgehead atoms. The third kappa shape index (κ3) is 14.2. The average molecular weight is 587 g/mol. The molecule has 1 heterocycles. The smallest absolute Gasteiger partial charge is 0.404 e. The molecule has 0 saturated heterocycles. The molecule has 12 heteroatoms. The molecule has 0 spiro atoms. The molecule has 3 aromatic rings. The van der Waals surface area contributed by atoms with Gasteiger partial charge in [0.1, 0.15) is 6.61 Å². The second-order valence-corrected chi connectivity index (χ2v) is 9.33. The van der Waals surface area contributed by atoms with Crippen LogP contribution in [0, 0.1) is 0 Å². The summed E-state index contributed by atoms with van der Waals surface area (Å²) in [5.74, 6) is -0.0220. The highest BCUT2D eigenvalue weighted by molar-refractivity contribution is 7.95. The number of anilines is 1. The molecule has 2 amide bonds. The van der Waals surface area contributed by atoms with Crippen molar-refractivity contribution in [2.75, 3.05) is 11.9 Å². The fourth-order valence-electron chi connectivity index (χ4n) is 2.75. The molecule has 37 heavy (non-hydrogen) atoms. The highest BCUT2D eigenvalue weighted by Crippen LogP contribution is 2.30. The van der Waals surface area contributed by atoms with Gasteiger partial charge in [0.2, 0.25) is 5.91 Å². The molecule has 3 rings (SSSR count). The number of primary amides is 1. The van der Waals surface area contributed by atoms with Crippen molar-refractivity contribution in [3.8, 4) is 11.3 Å². The maximum absolute atomic E-state index is 11.9. The number of nitrogens with two attached hydrogens (primary N) is 2. The fourth-order valence-corrected chi connectivity index (χ4v) is 4.04. The first-order valence-corrected chi connectivity index (χ1v) is 14.2. The van der Waals surface area contributed by atoms with Crippen LogP contribution in [-0.2, 0) is 16.1 Å². The standard InChI is InChI=1S/C15H18Cl2N4OS2.C8H9NO2.C2H6/c16-11-6-5-10(8-12(11)17)13-9-23-15(20-13)21-14(22)4-2-1-3-7-19-24-18;9-8(10)11-6-7-4-2-1-3-5-7;1-2/h5-6,8-9,19H,1-4,7,18H2,(H,20,21,22);1-5H,6H2,(H2,9,10);1-2H3. The normalized spacial score (nSPS) is 9.86. The SMILES string of the molecule is CC.NC(=O)OCc1ccccc1.NSNCCCCCC(=O)Nc1nc(-c2ccc(Cl)c(Cl)c2)cs1. The second kappa shape index (κ2) is 19.7. The van der Waals surface area contributed by atoms with E-state index < -0.39 is 6.09 Å². The van der Waals surface area contributed by atoms with Gasteiger partial charge in [-0.15, -0.1) is 11.3 Å². The lowest BCUT2D eigenvalue weighted by Crippen LogP contribution is -2.12. The first kappa shape index (κ1) is 32.7. The van der Waals surface area contributed by atoms with E-state index >= 15 is 0 Å². The van der Waals surface area contributed by atoms with Gasteiger partial charge in [-0.2, -0.15) is 0 Å². The number of benzene rings is 2. The topological polar surface area (TPSA) is 132 Å². The molecule has 8 nitrogen and oxygen atoms in total. The van der Waals surface area contributed by atoms with Gasteiger partial charge < -0.3 is 15.8 Å². The van der Waals surface area contributed by atoms with Crippen molar-refractivity contribution in [1.29, 1.82) is 0 Å². The fraction of sp³-hybridized carbons (Fsp3) is 0.320. The Kier molecular flexibility index (Phi) is 17.4. The van der Waals surface area contributed by atoms with Crippen molar-refractivity contribution in [1.82, 2.24) is 9.71 Å². The largest absolute Gasteiger partial charge is 0.445 e. The van der Waals surface area contributed by atoms with Crippen LogP contribution >= 0.6 is 46.7 Å². The number of carbonyl (C=O) groups is 2. The summed E-state index contributed by atoms with van der Waals surface area (Å²) in [5, 5.41) is 11.5. The average Bonchev–Trinajstić information content (AvgIpc) is 3.37. The molecule has 6 N–H and O–H groups in total. The Morgan fingerprint density at radius 1 is 1.05 bits per heavy atom. The van der Waals surface area contributed by atoms with Gasteiger partial charge in [0.15, 0.2) is 5.13 Å². The van der Waals surface area contributed by atoms with Crippen molar-refractivity contribution >= 4 is 63.8 Å². The van der Waals surface area contributed by atoms with Crippen LogP contribution < -0.4 is 20.9 Å². The van der Waals surface area contributed by atoms with Gasteiger partial charge in [-0.25, -0.2) is 9.78 Å². The highest BCUT2D eigenvalue weighted by Gasteiger charge is 2.09. The Hall–Kier alpha value is -2.34. The summed E-state index contributed by atoms with van der Waals surface area (Å²) in [4.78, 5) is 26.5. The van der Waals surface area contributed by atoms with Crippen LogP contribution in [0.1, 0.15) is 45.1 Å². The lowest BCUT2D eigenvalue weighted by atomic mass is 10.2. The van der Waals surface area contributed by atoms with E-state index in [0.29, 0.717) is 21.6 Å². The molecule has 0 saturated carbocycles. The maximum atomic E-state index is 11.9. The van der Waals surface area contributed by atoms with Gasteiger partial charge in [-0.05, 0) is 30.5 Å². The van der Waals surface area contributed by atoms with Gasteiger partial charge in [0.05, 0.1) is 15.7 Å². The number of rotatable bonds is 11. The predicted molar refractivity (Wildman–Crippen MR) is 157 cm³/mol. The van der Waals surface area contributed by atoms with Crippen LogP contribution in [-0.4, -0.2) is 23.5 Å². The van der Waals surface area contributed by atoms with E-state index in [1.54, 1.807) is 12.1 Å². The first-order valence-electron chi connectivity index (χ1n) is 11.6. The zero-order valence-corrected chi connectivity index (χ0v) is 24.0. The van der Waals surface area contributed by atoms with E-state index in [1.807, 2.05) is 55.6 Å². The zero-order valence-electron chi connectivity index (χ0n) is 20.8. The minimum Gasteiger partial charge on any atom is -0.445 e. The molecule has 0 unspecified atom stereocenters. The molecule has 0 radical (unpaired) electrons. The Labute approximate surface area is 236 Å². The van der Waals surface area contributed by atoms with E-state index in [2.05, 4.69) is 19.8 Å². The van der Waals surface area contributed by atoms with Crippen LogP contribution in [0.15, 0.2) is 53.9 Å². The Morgan fingerprint density at radius 2 is 1.78 bits per heavy atom. The van der Waals surface area contributed by atoms with Gasteiger partial charge in [-0.3, -0.25) is 14.7 Å². The number of carbonyl (C=O) groups excluding carboxylic acids is 2. The van der Waals surface area contributed by atoms with Gasteiger partial charge in [0.25, 0.3) is 0 Å². The summed E-state index contributed by atoms with van der Waals surface area (Å²) in [6.45, 7) is 5.10. The summed E-state index contributed by atoms with van der Waals surface area (Å²) in [6.07, 6.45) is 2.56. The number of amides is 2. The lowest BCUT2D eigenvalue weighted by molar-refractivity contribution is -0.116. The van der Waals surface area contributed by atoms with Crippen LogP contribution in [0.2, 0.25) is 10.0 Å². The van der Waals surface area contributed by atoms with Gasteiger partial charge >= 0.3 is 6.09 Å². The van der Waals surface area contributed by atoms with Crippen molar-refractivity contribution in [3.63, 3.8) is 0 Å². The predicted octanol–water partition coefficient (Wildman–Crippen LogP) is 7.04. The summed E-state index contributed by atoms with van der Waals surface area (Å²) < 4.78 is 7.54. The van der Waals surface area contributed by atoms with E-state index in [9.17, 15) is 9.59 Å². The summed E-state index contributed by atoms with van der Waals surface area (Å²) in [7, 11) is 0. The van der Waals surface area contributed by atoms with Crippen molar-refractivity contribution in [2.24, 2.45) is 10.9 Å². The molecule has 202 valence electrons. The van der Waals surface area contributed by atoms with Crippen LogP contribution in [0.25, 0.3) is 11.3 Å². The second-order valence-electron chi connectivity index (χ2n) is 7.13. The van der Waals surface area contributed by atoms with Crippen LogP contribution in [0.5, 0.6) is 0 Å². The van der Waals surface area contributed by atoms with E-state index in [-0.39, 0.29) is 12.5 Å². The minimum absolute atomic E-state index is 0.0220. The van der Waals surface area contributed by atoms with Gasteiger partial charge in [0, 0.05) is 36.0 Å². The minimum atomic E-state index is -0.742. The number of hydrogen-bond donors (Lipinski definition) is 4. The summed E-state index contributed by atoms with van der Waals surface area (Å²) in [6, 6.07) is 14.7. The van der Waals surface area contributed by atoms with Crippen LogP contribution in [0.4, 0.5) is 9.93 Å². The molecule has 0 aliphatic rings. The summed E-state index contributed by atoms with van der Waals surface area (Å²) >= 11 is 14.4. The molecular weight excluding hydrogens is 553 g/mol. The number of nitrogens with one attached hydrogen (secondary N) is 2. The third-order valence-electron chi connectivity index (χ3n) is 4.46. The monoisotopic (exact) mass is 585 g/mol. The van der Waals surface area contributed by atoms with Gasteiger partial charge in [-0.1, -0.05) is 79.9 Å². The number of halogens is 2. The van der Waals surface area contributed by atoms with E-state index in [0.717, 1.165) is 54.8 Å². The number of thiazole rings is 1. The molecule has 2 aromatic carbocycles. The van der Waals surface area contributed by atoms with Crippen molar-refractivity contribution in [3.05, 3.63) is 69.5 Å². The molecule has 0 atom stereocenters. The van der Waals surface area contributed by atoms with E-state index in [1.165, 1.54) is 11.3 Å². The molecule has 0 fully saturated rings. The molecule has 0 aliphatic heterocycles. The maximum Gasteiger partial charge on any atom is 0.404 e. The first-order chi connectivity index (χ1) is 17.9. The zero-order chi connectivity index (χ0) is 27.5. The lowest BCUT2D eigenvalue weighted by Gasteiger charge is -2.03. The molecule has 1 aromatic heterocycles. The number of unbranched alkanes of at least 4 members (excludes halogenated alkanes) is 2. The number of aromatic nitrogens is 1.